The number of thiophene rings is 1. The largest absolute Gasteiger partial charge is 0.228 e. The molecule has 13 rings (SSSR count). The lowest BCUT2D eigenvalue weighted by atomic mass is 9.86. The molecule has 0 N–H and O–H groups in total. The zero-order chi connectivity index (χ0) is 45.7. The summed E-state index contributed by atoms with van der Waals surface area (Å²) in [6.45, 7) is 0. The Bertz CT molecular complexity index is 4060. The highest BCUT2D eigenvalue weighted by Crippen LogP contribution is 2.46. The summed E-state index contributed by atoms with van der Waals surface area (Å²) in [7, 11) is 0. The maximum absolute atomic E-state index is 5.36. The highest BCUT2D eigenvalue weighted by atomic mass is 32.1. The normalized spacial score (nSPS) is 11.5. The zero-order valence-electron chi connectivity index (χ0n) is 37.6. The first kappa shape index (κ1) is 40.5. The fraction of sp³-hybridized carbons (Fsp3) is 0. The Kier molecular flexibility index (Phi) is 10.1. The van der Waals surface area contributed by atoms with Crippen LogP contribution < -0.4 is 0 Å². The van der Waals surface area contributed by atoms with Gasteiger partial charge >= 0.3 is 0 Å². The molecule has 0 amide bonds. The summed E-state index contributed by atoms with van der Waals surface area (Å²) in [5, 5.41) is 7.41. The van der Waals surface area contributed by atoms with Gasteiger partial charge in [-0.1, -0.05) is 212 Å². The molecule has 0 spiro atoms. The molecule has 2 aromatic heterocycles. The summed E-state index contributed by atoms with van der Waals surface area (Å²) in [5.74, 6) is 0.695. The first-order valence-electron chi connectivity index (χ1n) is 23.5. The van der Waals surface area contributed by atoms with E-state index in [4.69, 9.17) is 9.97 Å². The van der Waals surface area contributed by atoms with Crippen LogP contribution in [-0.2, 0) is 0 Å². The van der Waals surface area contributed by atoms with Crippen molar-refractivity contribution in [1.82, 2.24) is 9.97 Å². The summed E-state index contributed by atoms with van der Waals surface area (Å²) in [6.07, 6.45) is 0. The van der Waals surface area contributed by atoms with Crippen molar-refractivity contribution in [1.29, 1.82) is 0 Å². The number of benzene rings is 11. The van der Waals surface area contributed by atoms with Gasteiger partial charge in [-0.2, -0.15) is 0 Å². The van der Waals surface area contributed by atoms with Crippen LogP contribution in [0.15, 0.2) is 255 Å². The van der Waals surface area contributed by atoms with Crippen molar-refractivity contribution in [2.24, 2.45) is 0 Å². The SMILES string of the molecule is c1ccc(-c2nc(-c3cccc(-c4cc(-c5ccc6ccccc6c5)cc(-c5ccc6ccccc6c5-c5ccccc5)c4)c3)cc(-c3ccc(-c4ccccc4)c4c3sc3ccccc34)n2)cc1. The Morgan fingerprint density at radius 1 is 0.275 bits per heavy atom. The zero-order valence-corrected chi connectivity index (χ0v) is 38.4. The fourth-order valence-corrected chi connectivity index (χ4v) is 11.4. The maximum atomic E-state index is 5.36. The quantitative estimate of drug-likeness (QED) is 0.152. The number of hydrogen-bond donors (Lipinski definition) is 0. The molecule has 2 heterocycles. The standard InChI is InChI=1S/C66H42N2S/c1-4-18-44(19-5-1)56-35-36-58(65-64(56)59-29-14-15-30-62(59)69-65)61-42-60(67-66(68-61)47-23-8-3-9-24-47)51-27-16-26-49(38-51)52-39-53(50-32-31-43-17-10-11-25-48(43)37-50)41-54(40-52)57-34-33-45-20-12-13-28-55(45)63(57)46-21-6-2-7-22-46/h1-42H. The summed E-state index contributed by atoms with van der Waals surface area (Å²) >= 11 is 1.83. The number of fused-ring (bicyclic) bond motifs is 5. The van der Waals surface area contributed by atoms with Gasteiger partial charge in [0.15, 0.2) is 5.82 Å². The van der Waals surface area contributed by atoms with Crippen molar-refractivity contribution in [2.45, 2.75) is 0 Å². The van der Waals surface area contributed by atoms with E-state index >= 15 is 0 Å². The Morgan fingerprint density at radius 2 is 0.812 bits per heavy atom. The maximum Gasteiger partial charge on any atom is 0.160 e. The Balaban J connectivity index is 1.01. The Hall–Kier alpha value is -8.76. The van der Waals surface area contributed by atoms with E-state index in [0.717, 1.165) is 50.3 Å². The van der Waals surface area contributed by atoms with Crippen LogP contribution in [0.3, 0.4) is 0 Å². The summed E-state index contributed by atoms with van der Waals surface area (Å²) in [4.78, 5) is 10.7. The van der Waals surface area contributed by atoms with Gasteiger partial charge in [0.1, 0.15) is 0 Å². The van der Waals surface area contributed by atoms with Crippen molar-refractivity contribution in [3.05, 3.63) is 255 Å². The molecule has 0 fully saturated rings. The minimum Gasteiger partial charge on any atom is -0.228 e. The lowest BCUT2D eigenvalue weighted by Gasteiger charge is -2.17. The van der Waals surface area contributed by atoms with Gasteiger partial charge in [-0.15, -0.1) is 11.3 Å². The smallest absolute Gasteiger partial charge is 0.160 e. The molecule has 0 atom stereocenters. The van der Waals surface area contributed by atoms with Gasteiger partial charge in [-0.25, -0.2) is 9.97 Å². The molecule has 11 aromatic carbocycles. The van der Waals surface area contributed by atoms with Crippen LogP contribution >= 0.6 is 11.3 Å². The molecule has 0 saturated carbocycles. The molecule has 0 aliphatic carbocycles. The average molecular weight is 895 g/mol. The molecule has 3 heteroatoms. The van der Waals surface area contributed by atoms with E-state index in [1.54, 1.807) is 0 Å². The highest BCUT2D eigenvalue weighted by molar-refractivity contribution is 7.26. The minimum atomic E-state index is 0.695. The van der Waals surface area contributed by atoms with Crippen LogP contribution in [0.5, 0.6) is 0 Å². The van der Waals surface area contributed by atoms with Gasteiger partial charge in [-0.05, 0) is 120 Å². The molecule has 13 aromatic rings. The minimum absolute atomic E-state index is 0.695. The molecular formula is C66H42N2S. The fourth-order valence-electron chi connectivity index (χ4n) is 10.1. The Morgan fingerprint density at radius 3 is 1.59 bits per heavy atom. The second-order valence-electron chi connectivity index (χ2n) is 17.7. The van der Waals surface area contributed by atoms with Crippen molar-refractivity contribution in [3.63, 3.8) is 0 Å². The third-order valence-corrected chi connectivity index (χ3v) is 14.7. The number of aromatic nitrogens is 2. The predicted molar refractivity (Wildman–Crippen MR) is 293 cm³/mol. The molecule has 0 bridgehead atoms. The molecule has 69 heavy (non-hydrogen) atoms. The van der Waals surface area contributed by atoms with Gasteiger partial charge in [0.2, 0.25) is 0 Å². The molecule has 0 aliphatic heterocycles. The summed E-state index contributed by atoms with van der Waals surface area (Å²) < 4.78 is 2.48. The Labute approximate surface area is 405 Å². The second-order valence-corrected chi connectivity index (χ2v) is 18.7. The van der Waals surface area contributed by atoms with Crippen molar-refractivity contribution in [2.75, 3.05) is 0 Å². The van der Waals surface area contributed by atoms with Crippen molar-refractivity contribution < 1.29 is 0 Å². The van der Waals surface area contributed by atoms with E-state index in [2.05, 4.69) is 249 Å². The predicted octanol–water partition coefficient (Wildman–Crippen LogP) is 18.5. The topological polar surface area (TPSA) is 25.8 Å². The monoisotopic (exact) mass is 894 g/mol. The molecule has 0 saturated heterocycles. The number of rotatable bonds is 8. The van der Waals surface area contributed by atoms with Crippen LogP contribution in [0, 0.1) is 0 Å². The van der Waals surface area contributed by atoms with Gasteiger partial charge in [-0.3, -0.25) is 0 Å². The first-order valence-corrected chi connectivity index (χ1v) is 24.3. The third-order valence-electron chi connectivity index (χ3n) is 13.5. The lowest BCUT2D eigenvalue weighted by molar-refractivity contribution is 1.19. The molecule has 2 nitrogen and oxygen atoms in total. The van der Waals surface area contributed by atoms with Crippen LogP contribution in [0.2, 0.25) is 0 Å². The molecule has 0 aliphatic rings. The van der Waals surface area contributed by atoms with Crippen LogP contribution in [0.4, 0.5) is 0 Å². The molecule has 0 unspecified atom stereocenters. The highest BCUT2D eigenvalue weighted by Gasteiger charge is 2.20. The summed E-state index contributed by atoms with van der Waals surface area (Å²) in [5.41, 5.74) is 16.6. The van der Waals surface area contributed by atoms with Gasteiger partial charge in [0.05, 0.1) is 11.4 Å². The van der Waals surface area contributed by atoms with E-state index in [-0.39, 0.29) is 0 Å². The third kappa shape index (κ3) is 7.47. The number of hydrogen-bond acceptors (Lipinski definition) is 3. The van der Waals surface area contributed by atoms with Crippen molar-refractivity contribution >= 4 is 53.1 Å². The number of nitrogens with zero attached hydrogens (tertiary/aromatic N) is 2. The first-order chi connectivity index (χ1) is 34.2. The van der Waals surface area contributed by atoms with Crippen LogP contribution in [0.25, 0.3) is 131 Å². The lowest BCUT2D eigenvalue weighted by Crippen LogP contribution is -1.96. The molecular weight excluding hydrogens is 853 g/mol. The van der Waals surface area contributed by atoms with Crippen LogP contribution in [-0.4, -0.2) is 9.97 Å². The summed E-state index contributed by atoms with van der Waals surface area (Å²) in [6, 6.07) is 92.1. The van der Waals surface area contributed by atoms with Crippen LogP contribution in [0.1, 0.15) is 0 Å². The van der Waals surface area contributed by atoms with E-state index in [0.29, 0.717) is 5.82 Å². The van der Waals surface area contributed by atoms with E-state index < -0.39 is 0 Å². The van der Waals surface area contributed by atoms with Gasteiger partial charge in [0.25, 0.3) is 0 Å². The van der Waals surface area contributed by atoms with Gasteiger partial charge in [0, 0.05) is 36.9 Å². The van der Waals surface area contributed by atoms with Gasteiger partial charge < -0.3 is 0 Å². The van der Waals surface area contributed by atoms with E-state index in [1.807, 2.05) is 17.4 Å². The second kappa shape index (κ2) is 17.2. The van der Waals surface area contributed by atoms with E-state index in [9.17, 15) is 0 Å². The molecule has 0 radical (unpaired) electrons. The molecule has 322 valence electrons. The van der Waals surface area contributed by atoms with Crippen molar-refractivity contribution in [3.8, 4) is 89.5 Å². The van der Waals surface area contributed by atoms with E-state index in [1.165, 1.54) is 75.1 Å². The average Bonchev–Trinajstić information content (AvgIpc) is 3.83.